The Hall–Kier alpha value is -1.17. The van der Waals surface area contributed by atoms with Crippen LogP contribution in [0.2, 0.25) is 0 Å². The monoisotopic (exact) mass is 348 g/mol. The van der Waals surface area contributed by atoms with Gasteiger partial charge in [-0.05, 0) is 61.1 Å². The summed E-state index contributed by atoms with van der Waals surface area (Å²) in [4.78, 5) is 16.8. The van der Waals surface area contributed by atoms with Gasteiger partial charge >= 0.3 is 0 Å². The molecule has 2 fully saturated rings. The van der Waals surface area contributed by atoms with Crippen LogP contribution in [-0.2, 0) is 9.53 Å². The first kappa shape index (κ1) is 17.6. The number of ether oxygens (including phenoxy) is 1. The van der Waals surface area contributed by atoms with Crippen molar-refractivity contribution in [2.24, 2.45) is 5.92 Å². The van der Waals surface area contributed by atoms with Crippen molar-refractivity contribution < 1.29 is 9.53 Å². The number of morpholine rings is 1. The Morgan fingerprint density at radius 2 is 2.00 bits per heavy atom. The van der Waals surface area contributed by atoms with Gasteiger partial charge in [-0.2, -0.15) is 11.3 Å². The maximum absolute atomic E-state index is 12.3. The average molecular weight is 349 g/mol. The molecule has 1 amide bonds. The van der Waals surface area contributed by atoms with Crippen molar-refractivity contribution in [2.75, 3.05) is 32.7 Å². The van der Waals surface area contributed by atoms with E-state index in [1.165, 1.54) is 0 Å². The summed E-state index contributed by atoms with van der Waals surface area (Å²) in [5, 5.41) is 4.09. The largest absolute Gasteiger partial charge is 0.373 e. The molecule has 5 heteroatoms. The number of hydrogen-bond donors (Lipinski definition) is 0. The molecular weight excluding hydrogens is 320 g/mol. The SMILES string of the molecule is CC1CN(CC2CCN(C(=O)/C=C/c3ccsc3)CC2)CC(C)O1. The van der Waals surface area contributed by atoms with Crippen LogP contribution in [0.3, 0.4) is 0 Å². The predicted octanol–water partition coefficient (Wildman–Crippen LogP) is 3.11. The van der Waals surface area contributed by atoms with E-state index in [1.54, 1.807) is 17.4 Å². The van der Waals surface area contributed by atoms with Gasteiger partial charge in [0.1, 0.15) is 0 Å². The molecule has 0 aromatic carbocycles. The van der Waals surface area contributed by atoms with E-state index in [2.05, 4.69) is 24.1 Å². The van der Waals surface area contributed by atoms with Crippen LogP contribution in [0, 0.1) is 5.92 Å². The lowest BCUT2D eigenvalue weighted by Gasteiger charge is -2.39. The molecule has 4 nitrogen and oxygen atoms in total. The molecule has 0 N–H and O–H groups in total. The van der Waals surface area contributed by atoms with E-state index in [0.717, 1.165) is 51.1 Å². The Morgan fingerprint density at radius 3 is 2.62 bits per heavy atom. The van der Waals surface area contributed by atoms with Gasteiger partial charge in [-0.1, -0.05) is 0 Å². The molecule has 2 atom stereocenters. The van der Waals surface area contributed by atoms with Gasteiger partial charge in [0, 0.05) is 38.8 Å². The molecule has 3 rings (SSSR count). The van der Waals surface area contributed by atoms with E-state index >= 15 is 0 Å². The number of rotatable bonds is 4. The lowest BCUT2D eigenvalue weighted by Crippen LogP contribution is -2.48. The maximum atomic E-state index is 12.3. The summed E-state index contributed by atoms with van der Waals surface area (Å²) in [6.07, 6.45) is 6.51. The zero-order valence-corrected chi connectivity index (χ0v) is 15.5. The van der Waals surface area contributed by atoms with Crippen molar-refractivity contribution >= 4 is 23.3 Å². The minimum Gasteiger partial charge on any atom is -0.373 e. The molecule has 1 aromatic rings. The minimum absolute atomic E-state index is 0.147. The second-order valence-electron chi connectivity index (χ2n) is 7.13. The third kappa shape index (κ3) is 4.91. The highest BCUT2D eigenvalue weighted by Crippen LogP contribution is 2.21. The number of likely N-dealkylation sites (tertiary alicyclic amines) is 1. The van der Waals surface area contributed by atoms with E-state index in [0.29, 0.717) is 18.1 Å². The molecule has 1 aromatic heterocycles. The Labute approximate surface area is 149 Å². The Kier molecular flexibility index (Phi) is 6.09. The number of thiophene rings is 1. The van der Waals surface area contributed by atoms with Crippen molar-refractivity contribution in [3.63, 3.8) is 0 Å². The standard InChI is InChI=1S/C19H28N2O2S/c1-15-11-20(12-16(2)23-15)13-17-5-8-21(9-6-17)19(22)4-3-18-7-10-24-14-18/h3-4,7,10,14-17H,5-6,8-9,11-13H2,1-2H3/b4-3+. The molecule has 3 heterocycles. The first-order chi connectivity index (χ1) is 11.6. The van der Waals surface area contributed by atoms with Gasteiger partial charge in [-0.15, -0.1) is 0 Å². The fourth-order valence-electron chi connectivity index (χ4n) is 3.78. The van der Waals surface area contributed by atoms with Gasteiger partial charge in [0.15, 0.2) is 0 Å². The summed E-state index contributed by atoms with van der Waals surface area (Å²) in [5.41, 5.74) is 1.11. The van der Waals surface area contributed by atoms with Crippen LogP contribution >= 0.6 is 11.3 Å². The average Bonchev–Trinajstić information content (AvgIpc) is 3.06. The fourth-order valence-corrected chi connectivity index (χ4v) is 4.41. The van der Waals surface area contributed by atoms with Crippen LogP contribution in [-0.4, -0.2) is 60.6 Å². The van der Waals surface area contributed by atoms with Crippen molar-refractivity contribution in [1.29, 1.82) is 0 Å². The number of piperidine rings is 1. The predicted molar refractivity (Wildman–Crippen MR) is 99.1 cm³/mol. The first-order valence-corrected chi connectivity index (χ1v) is 9.91. The maximum Gasteiger partial charge on any atom is 0.246 e. The lowest BCUT2D eigenvalue weighted by molar-refractivity contribution is -0.127. The highest BCUT2D eigenvalue weighted by atomic mass is 32.1. The lowest BCUT2D eigenvalue weighted by atomic mass is 9.95. The molecular formula is C19H28N2O2S. The van der Waals surface area contributed by atoms with Crippen molar-refractivity contribution in [1.82, 2.24) is 9.80 Å². The summed E-state index contributed by atoms with van der Waals surface area (Å²) in [6, 6.07) is 2.03. The van der Waals surface area contributed by atoms with Crippen LogP contribution in [0.4, 0.5) is 0 Å². The third-order valence-electron chi connectivity index (χ3n) is 4.90. The van der Waals surface area contributed by atoms with E-state index in [-0.39, 0.29) is 5.91 Å². The summed E-state index contributed by atoms with van der Waals surface area (Å²) >= 11 is 1.65. The smallest absolute Gasteiger partial charge is 0.246 e. The fraction of sp³-hybridized carbons (Fsp3) is 0.632. The van der Waals surface area contributed by atoms with Crippen molar-refractivity contribution in [3.05, 3.63) is 28.5 Å². The molecule has 0 saturated carbocycles. The normalized spacial score (nSPS) is 27.0. The van der Waals surface area contributed by atoms with Gasteiger partial charge in [0.2, 0.25) is 5.91 Å². The van der Waals surface area contributed by atoms with E-state index in [1.807, 2.05) is 22.4 Å². The highest BCUT2D eigenvalue weighted by Gasteiger charge is 2.27. The topological polar surface area (TPSA) is 32.8 Å². The van der Waals surface area contributed by atoms with Crippen LogP contribution < -0.4 is 0 Å². The third-order valence-corrected chi connectivity index (χ3v) is 5.60. The summed E-state index contributed by atoms with van der Waals surface area (Å²) in [6.45, 7) is 9.29. The van der Waals surface area contributed by atoms with Crippen LogP contribution in [0.5, 0.6) is 0 Å². The molecule has 0 radical (unpaired) electrons. The zero-order valence-electron chi connectivity index (χ0n) is 14.7. The molecule has 2 unspecified atom stereocenters. The Balaban J connectivity index is 1.43. The van der Waals surface area contributed by atoms with Crippen LogP contribution in [0.25, 0.3) is 6.08 Å². The second-order valence-corrected chi connectivity index (χ2v) is 7.91. The minimum atomic E-state index is 0.147. The molecule has 0 aliphatic carbocycles. The Bertz CT molecular complexity index is 540. The van der Waals surface area contributed by atoms with Gasteiger partial charge in [0.05, 0.1) is 12.2 Å². The molecule has 2 saturated heterocycles. The van der Waals surface area contributed by atoms with Gasteiger partial charge in [-0.3, -0.25) is 9.69 Å². The molecule has 2 aliphatic rings. The van der Waals surface area contributed by atoms with Gasteiger partial charge in [-0.25, -0.2) is 0 Å². The second kappa shape index (κ2) is 8.28. The van der Waals surface area contributed by atoms with Crippen LogP contribution in [0.1, 0.15) is 32.3 Å². The molecule has 0 spiro atoms. The quantitative estimate of drug-likeness (QED) is 0.784. The number of hydrogen-bond acceptors (Lipinski definition) is 4. The Morgan fingerprint density at radius 1 is 1.29 bits per heavy atom. The number of amides is 1. The van der Waals surface area contributed by atoms with Crippen LogP contribution in [0.15, 0.2) is 22.9 Å². The van der Waals surface area contributed by atoms with Crippen molar-refractivity contribution in [2.45, 2.75) is 38.9 Å². The van der Waals surface area contributed by atoms with Gasteiger partial charge in [0.25, 0.3) is 0 Å². The highest BCUT2D eigenvalue weighted by molar-refractivity contribution is 7.08. The van der Waals surface area contributed by atoms with Crippen molar-refractivity contribution in [3.8, 4) is 0 Å². The molecule has 132 valence electrons. The molecule has 0 bridgehead atoms. The summed E-state index contributed by atoms with van der Waals surface area (Å²) in [5.74, 6) is 0.848. The van der Waals surface area contributed by atoms with E-state index in [9.17, 15) is 4.79 Å². The number of nitrogens with zero attached hydrogens (tertiary/aromatic N) is 2. The van der Waals surface area contributed by atoms with E-state index in [4.69, 9.17) is 4.74 Å². The number of carbonyl (C=O) groups is 1. The summed E-state index contributed by atoms with van der Waals surface area (Å²) in [7, 11) is 0. The summed E-state index contributed by atoms with van der Waals surface area (Å²) < 4.78 is 5.81. The van der Waals surface area contributed by atoms with Gasteiger partial charge < -0.3 is 9.64 Å². The molecule has 2 aliphatic heterocycles. The zero-order chi connectivity index (χ0) is 16.9. The molecule has 24 heavy (non-hydrogen) atoms. The number of carbonyl (C=O) groups excluding carboxylic acids is 1. The first-order valence-electron chi connectivity index (χ1n) is 8.97. The van der Waals surface area contributed by atoms with E-state index < -0.39 is 0 Å².